The Labute approximate surface area is 151 Å². The number of carbonyl (C=O) groups is 1. The molecule has 0 spiro atoms. The largest absolute Gasteiger partial charge is 0.492 e. The molecule has 0 radical (unpaired) electrons. The predicted octanol–water partition coefficient (Wildman–Crippen LogP) is 3.86. The Bertz CT molecular complexity index is 798. The number of ether oxygens (including phenoxy) is 2. The highest BCUT2D eigenvalue weighted by atomic mass is 79.9. The minimum Gasteiger partial charge on any atom is -0.492 e. The lowest BCUT2D eigenvalue weighted by Crippen LogP contribution is -2.13. The first-order valence-electron chi connectivity index (χ1n) is 6.92. The molecule has 0 aliphatic heterocycles. The summed E-state index contributed by atoms with van der Waals surface area (Å²) in [6.07, 6.45) is 3.06. The van der Waals surface area contributed by atoms with Crippen LogP contribution in [0, 0.1) is 11.3 Å². The molecule has 0 aliphatic carbocycles. The van der Waals surface area contributed by atoms with Gasteiger partial charge in [-0.3, -0.25) is 10.1 Å². The van der Waals surface area contributed by atoms with Crippen molar-refractivity contribution in [3.63, 3.8) is 0 Å². The van der Waals surface area contributed by atoms with Crippen LogP contribution in [0.1, 0.15) is 12.5 Å². The Kier molecular flexibility index (Phi) is 6.35. The van der Waals surface area contributed by atoms with Crippen LogP contribution >= 0.6 is 27.3 Å². The highest BCUT2D eigenvalue weighted by Crippen LogP contribution is 2.37. The van der Waals surface area contributed by atoms with Crippen LogP contribution in [0.4, 0.5) is 5.13 Å². The van der Waals surface area contributed by atoms with Gasteiger partial charge in [0.25, 0.3) is 5.91 Å². The number of hydrogen-bond donors (Lipinski definition) is 1. The van der Waals surface area contributed by atoms with Crippen molar-refractivity contribution in [1.82, 2.24) is 4.98 Å². The number of anilines is 1. The van der Waals surface area contributed by atoms with Crippen LogP contribution in [0.25, 0.3) is 6.08 Å². The zero-order valence-electron chi connectivity index (χ0n) is 13.0. The second-order valence-electron chi connectivity index (χ2n) is 4.43. The lowest BCUT2D eigenvalue weighted by atomic mass is 10.1. The molecule has 6 nitrogen and oxygen atoms in total. The van der Waals surface area contributed by atoms with Gasteiger partial charge in [0.2, 0.25) is 0 Å². The van der Waals surface area contributed by atoms with E-state index in [4.69, 9.17) is 9.47 Å². The molecule has 2 rings (SSSR count). The molecule has 0 saturated carbocycles. The summed E-state index contributed by atoms with van der Waals surface area (Å²) in [5.41, 5.74) is 0.599. The molecule has 0 fully saturated rings. The molecule has 1 N–H and O–H groups in total. The van der Waals surface area contributed by atoms with Crippen LogP contribution in [-0.2, 0) is 4.79 Å². The number of carbonyl (C=O) groups excluding carboxylic acids is 1. The summed E-state index contributed by atoms with van der Waals surface area (Å²) in [5.74, 6) is 0.565. The van der Waals surface area contributed by atoms with Crippen LogP contribution in [0.2, 0.25) is 0 Å². The van der Waals surface area contributed by atoms with E-state index in [-0.39, 0.29) is 5.57 Å². The van der Waals surface area contributed by atoms with Crippen molar-refractivity contribution in [3.05, 3.63) is 39.3 Å². The molecule has 0 saturated heterocycles. The van der Waals surface area contributed by atoms with Crippen LogP contribution in [0.3, 0.4) is 0 Å². The Balaban J connectivity index is 2.33. The van der Waals surface area contributed by atoms with Gasteiger partial charge >= 0.3 is 0 Å². The number of rotatable bonds is 6. The average molecular weight is 408 g/mol. The molecule has 1 amide bonds. The van der Waals surface area contributed by atoms with Gasteiger partial charge in [-0.2, -0.15) is 5.26 Å². The number of amides is 1. The van der Waals surface area contributed by atoms with Gasteiger partial charge in [-0.05, 0) is 46.6 Å². The minimum absolute atomic E-state index is 0.0373. The van der Waals surface area contributed by atoms with Crippen molar-refractivity contribution in [2.75, 3.05) is 19.0 Å². The van der Waals surface area contributed by atoms with Crippen LogP contribution in [0.5, 0.6) is 11.5 Å². The number of benzene rings is 1. The van der Waals surface area contributed by atoms with Gasteiger partial charge in [-0.1, -0.05) is 0 Å². The molecular weight excluding hydrogens is 394 g/mol. The average Bonchev–Trinajstić information content (AvgIpc) is 3.05. The van der Waals surface area contributed by atoms with Gasteiger partial charge in [0, 0.05) is 11.6 Å². The second kappa shape index (κ2) is 8.47. The van der Waals surface area contributed by atoms with E-state index in [0.29, 0.717) is 33.3 Å². The standard InChI is InChI=1S/C16H14BrN3O3S/c1-3-23-13-8-10(7-12(17)14(13)22-2)6-11(9-18)15(21)20-16-19-4-5-24-16/h4-8H,3H2,1-2H3,(H,19,20,21)/b11-6+. The number of halogens is 1. The third kappa shape index (κ3) is 4.34. The summed E-state index contributed by atoms with van der Waals surface area (Å²) < 4.78 is 11.5. The Morgan fingerprint density at radius 2 is 2.33 bits per heavy atom. The maximum atomic E-state index is 12.2. The van der Waals surface area contributed by atoms with Crippen molar-refractivity contribution in [2.24, 2.45) is 0 Å². The Hall–Kier alpha value is -2.37. The molecule has 0 unspecified atom stereocenters. The van der Waals surface area contributed by atoms with E-state index in [0.717, 1.165) is 0 Å². The molecule has 8 heteroatoms. The van der Waals surface area contributed by atoms with E-state index in [9.17, 15) is 10.1 Å². The van der Waals surface area contributed by atoms with Crippen molar-refractivity contribution >= 4 is 44.4 Å². The first-order chi connectivity index (χ1) is 11.6. The molecule has 1 heterocycles. The maximum Gasteiger partial charge on any atom is 0.268 e. The lowest BCUT2D eigenvalue weighted by molar-refractivity contribution is -0.112. The molecule has 0 bridgehead atoms. The minimum atomic E-state index is -0.516. The summed E-state index contributed by atoms with van der Waals surface area (Å²) >= 11 is 4.68. The number of nitriles is 1. The van der Waals surface area contributed by atoms with Gasteiger partial charge in [0.1, 0.15) is 11.6 Å². The van der Waals surface area contributed by atoms with Crippen molar-refractivity contribution < 1.29 is 14.3 Å². The van der Waals surface area contributed by atoms with E-state index in [1.165, 1.54) is 17.4 Å². The number of nitrogens with one attached hydrogen (secondary N) is 1. The van der Waals surface area contributed by atoms with E-state index in [1.54, 1.807) is 30.8 Å². The fourth-order valence-corrected chi connectivity index (χ4v) is 3.04. The smallest absolute Gasteiger partial charge is 0.268 e. The third-order valence-corrected chi connectivity index (χ3v) is 4.14. The van der Waals surface area contributed by atoms with Crippen LogP contribution in [0.15, 0.2) is 33.8 Å². The molecule has 2 aromatic rings. The molecule has 1 aromatic heterocycles. The first-order valence-corrected chi connectivity index (χ1v) is 8.59. The number of aromatic nitrogens is 1. The maximum absolute atomic E-state index is 12.2. The third-order valence-electron chi connectivity index (χ3n) is 2.86. The van der Waals surface area contributed by atoms with E-state index >= 15 is 0 Å². The number of methoxy groups -OCH3 is 1. The highest BCUT2D eigenvalue weighted by molar-refractivity contribution is 9.10. The summed E-state index contributed by atoms with van der Waals surface area (Å²) in [6, 6.07) is 5.36. The quantitative estimate of drug-likeness (QED) is 0.580. The molecule has 24 heavy (non-hydrogen) atoms. The summed E-state index contributed by atoms with van der Waals surface area (Å²) in [7, 11) is 1.54. The first kappa shape index (κ1) is 18.0. The fourth-order valence-electron chi connectivity index (χ4n) is 1.90. The molecular formula is C16H14BrN3O3S. The number of hydrogen-bond acceptors (Lipinski definition) is 6. The van der Waals surface area contributed by atoms with E-state index in [2.05, 4.69) is 26.2 Å². The van der Waals surface area contributed by atoms with E-state index in [1.807, 2.05) is 13.0 Å². The normalized spacial score (nSPS) is 10.8. The predicted molar refractivity (Wildman–Crippen MR) is 96.2 cm³/mol. The monoisotopic (exact) mass is 407 g/mol. The van der Waals surface area contributed by atoms with Crippen LogP contribution < -0.4 is 14.8 Å². The lowest BCUT2D eigenvalue weighted by Gasteiger charge is -2.12. The zero-order chi connectivity index (χ0) is 17.5. The van der Waals surface area contributed by atoms with Crippen molar-refractivity contribution in [1.29, 1.82) is 5.26 Å². The van der Waals surface area contributed by atoms with E-state index < -0.39 is 5.91 Å². The number of nitrogens with zero attached hydrogens (tertiary/aromatic N) is 2. The van der Waals surface area contributed by atoms with Crippen LogP contribution in [-0.4, -0.2) is 24.6 Å². The van der Waals surface area contributed by atoms with Gasteiger partial charge in [-0.25, -0.2) is 4.98 Å². The molecule has 0 atom stereocenters. The topological polar surface area (TPSA) is 84.2 Å². The van der Waals surface area contributed by atoms with Gasteiger partial charge in [-0.15, -0.1) is 11.3 Å². The van der Waals surface area contributed by atoms with Gasteiger partial charge in [0.15, 0.2) is 16.6 Å². The Morgan fingerprint density at radius 1 is 1.54 bits per heavy atom. The summed E-state index contributed by atoms with van der Waals surface area (Å²) in [6.45, 7) is 2.32. The SMILES string of the molecule is CCOc1cc(/C=C(\C#N)C(=O)Nc2nccs2)cc(Br)c1OC. The second-order valence-corrected chi connectivity index (χ2v) is 6.18. The summed E-state index contributed by atoms with van der Waals surface area (Å²) in [4.78, 5) is 16.1. The fraction of sp³-hybridized carbons (Fsp3) is 0.188. The molecule has 1 aromatic carbocycles. The number of thiazole rings is 1. The van der Waals surface area contributed by atoms with Gasteiger partial charge in [0.05, 0.1) is 18.2 Å². The molecule has 0 aliphatic rings. The summed E-state index contributed by atoms with van der Waals surface area (Å²) in [5, 5.41) is 14.0. The van der Waals surface area contributed by atoms with Crippen molar-refractivity contribution in [2.45, 2.75) is 6.92 Å². The van der Waals surface area contributed by atoms with Gasteiger partial charge < -0.3 is 9.47 Å². The highest BCUT2D eigenvalue weighted by Gasteiger charge is 2.14. The Morgan fingerprint density at radius 3 is 2.92 bits per heavy atom. The zero-order valence-corrected chi connectivity index (χ0v) is 15.4. The van der Waals surface area contributed by atoms with Crippen molar-refractivity contribution in [3.8, 4) is 17.6 Å². The molecule has 124 valence electrons.